The van der Waals surface area contributed by atoms with E-state index in [-0.39, 0.29) is 0 Å². The highest BCUT2D eigenvalue weighted by Gasteiger charge is 2.23. The lowest BCUT2D eigenvalue weighted by molar-refractivity contribution is 0.551. The van der Waals surface area contributed by atoms with E-state index in [0.29, 0.717) is 0 Å². The molecule has 0 fully saturated rings. The maximum Gasteiger partial charge on any atom is 0.0732 e. The van der Waals surface area contributed by atoms with Gasteiger partial charge in [0.2, 0.25) is 0 Å². The smallest absolute Gasteiger partial charge is 0.0732 e. The highest BCUT2D eigenvalue weighted by Crippen LogP contribution is 2.38. The van der Waals surface area contributed by atoms with Crippen molar-refractivity contribution in [2.45, 2.75) is 90.9 Å². The normalized spacial score (nSPS) is 16.8. The van der Waals surface area contributed by atoms with Gasteiger partial charge in [0.25, 0.3) is 0 Å². The summed E-state index contributed by atoms with van der Waals surface area (Å²) in [6.07, 6.45) is 20.7. The quantitative estimate of drug-likeness (QED) is 0.266. The van der Waals surface area contributed by atoms with Crippen LogP contribution in [-0.2, 0) is 12.8 Å². The fourth-order valence-corrected chi connectivity index (χ4v) is 6.03. The van der Waals surface area contributed by atoms with E-state index in [4.69, 9.17) is 0 Å². The lowest BCUT2D eigenvalue weighted by Crippen LogP contribution is -1.95. The van der Waals surface area contributed by atoms with E-state index in [1.54, 1.807) is 11.1 Å². The summed E-state index contributed by atoms with van der Waals surface area (Å²) < 4.78 is 4.93. The Bertz CT molecular complexity index is 1110. The zero-order valence-corrected chi connectivity index (χ0v) is 20.0. The molecule has 1 aliphatic rings. The molecule has 2 heteroatoms. The van der Waals surface area contributed by atoms with Crippen molar-refractivity contribution in [1.82, 2.24) is 8.80 Å². The van der Waals surface area contributed by atoms with Gasteiger partial charge >= 0.3 is 0 Å². The van der Waals surface area contributed by atoms with Gasteiger partial charge in [0.1, 0.15) is 0 Å². The maximum absolute atomic E-state index is 2.46. The van der Waals surface area contributed by atoms with Crippen LogP contribution in [0.2, 0.25) is 0 Å². The van der Waals surface area contributed by atoms with Crippen LogP contribution >= 0.6 is 0 Å². The van der Waals surface area contributed by atoms with E-state index < -0.39 is 0 Å². The Hall–Kier alpha value is -2.48. The molecule has 2 nitrogen and oxygen atoms in total. The average Bonchev–Trinajstić information content (AvgIpc) is 3.24. The van der Waals surface area contributed by atoms with Gasteiger partial charge in [-0.05, 0) is 86.1 Å². The van der Waals surface area contributed by atoms with Crippen LogP contribution in [0.1, 0.15) is 86.5 Å². The minimum absolute atomic E-state index is 1.19. The number of aromatic nitrogens is 2. The average molecular weight is 427 g/mol. The highest BCUT2D eigenvalue weighted by molar-refractivity contribution is 5.81. The summed E-state index contributed by atoms with van der Waals surface area (Å²) in [4.78, 5) is 0. The fourth-order valence-electron chi connectivity index (χ4n) is 6.03. The van der Waals surface area contributed by atoms with Crippen molar-refractivity contribution in [2.24, 2.45) is 0 Å². The van der Waals surface area contributed by atoms with Crippen LogP contribution in [-0.4, -0.2) is 8.80 Å². The van der Waals surface area contributed by atoms with Crippen LogP contribution < -0.4 is 0 Å². The first-order chi connectivity index (χ1) is 15.8. The summed E-state index contributed by atoms with van der Waals surface area (Å²) >= 11 is 0. The van der Waals surface area contributed by atoms with Crippen molar-refractivity contribution < 1.29 is 0 Å². The molecule has 168 valence electrons. The molecule has 0 spiro atoms. The van der Waals surface area contributed by atoms with Gasteiger partial charge in [-0.15, -0.1) is 0 Å². The van der Waals surface area contributed by atoms with Gasteiger partial charge in [-0.3, -0.25) is 0 Å². The molecular formula is C30H38N2. The minimum Gasteiger partial charge on any atom is -0.315 e. The predicted octanol–water partition coefficient (Wildman–Crippen LogP) is 8.48. The molecule has 0 atom stereocenters. The molecule has 0 radical (unpaired) electrons. The molecule has 4 heterocycles. The molecule has 4 aromatic heterocycles. The van der Waals surface area contributed by atoms with E-state index in [9.17, 15) is 0 Å². The van der Waals surface area contributed by atoms with Gasteiger partial charge in [0.15, 0.2) is 0 Å². The molecule has 0 N–H and O–H groups in total. The lowest BCUT2D eigenvalue weighted by atomic mass is 9.98. The summed E-state index contributed by atoms with van der Waals surface area (Å²) in [5.74, 6) is 0. The largest absolute Gasteiger partial charge is 0.315 e. The first-order valence-corrected chi connectivity index (χ1v) is 12.9. The van der Waals surface area contributed by atoms with Crippen LogP contribution in [0.3, 0.4) is 0 Å². The van der Waals surface area contributed by atoms with Gasteiger partial charge in [-0.25, -0.2) is 0 Å². The molecule has 0 amide bonds. The predicted molar refractivity (Wildman–Crippen MR) is 137 cm³/mol. The third-order valence-corrected chi connectivity index (χ3v) is 7.76. The summed E-state index contributed by atoms with van der Waals surface area (Å²) in [5, 5.41) is 0. The van der Waals surface area contributed by atoms with Gasteiger partial charge in [-0.1, -0.05) is 63.5 Å². The number of aryl methyl sites for hydroxylation is 2. The second kappa shape index (κ2) is 9.57. The molecule has 1 aliphatic carbocycles. The third kappa shape index (κ3) is 3.89. The van der Waals surface area contributed by atoms with Crippen LogP contribution in [0, 0.1) is 13.8 Å². The maximum atomic E-state index is 2.46. The first-order valence-electron chi connectivity index (χ1n) is 12.9. The van der Waals surface area contributed by atoms with E-state index in [1.165, 1.54) is 111 Å². The summed E-state index contributed by atoms with van der Waals surface area (Å²) in [6.45, 7) is 4.72. The van der Waals surface area contributed by atoms with Gasteiger partial charge in [0, 0.05) is 23.4 Å². The number of fused-ring (bicyclic) bond motifs is 11. The molecule has 5 rings (SSSR count). The fraction of sp³-hybridized carbons (Fsp3) is 0.467. The van der Waals surface area contributed by atoms with Gasteiger partial charge in [0.05, 0.1) is 11.4 Å². The van der Waals surface area contributed by atoms with Crippen molar-refractivity contribution in [1.29, 1.82) is 0 Å². The Kier molecular flexibility index (Phi) is 6.39. The monoisotopic (exact) mass is 426 g/mol. The van der Waals surface area contributed by atoms with Crippen molar-refractivity contribution in [3.63, 3.8) is 0 Å². The molecule has 0 aromatic carbocycles. The van der Waals surface area contributed by atoms with Crippen molar-refractivity contribution in [3.05, 3.63) is 71.0 Å². The van der Waals surface area contributed by atoms with Crippen LogP contribution in [0.5, 0.6) is 0 Å². The van der Waals surface area contributed by atoms with E-state index >= 15 is 0 Å². The summed E-state index contributed by atoms with van der Waals surface area (Å²) in [5.41, 5.74) is 11.6. The number of hydrogen-bond acceptors (Lipinski definition) is 0. The van der Waals surface area contributed by atoms with E-state index in [1.807, 2.05) is 0 Å². The SMILES string of the molecule is Cc1c2c3ccccn3c1-c1c(C)c(c3ccccn13)CCCCCCCCCCCC2. The Morgan fingerprint density at radius 1 is 0.500 bits per heavy atom. The first kappa shape index (κ1) is 21.4. The standard InChI is InChI=1S/C30H38N2/c1-23-25-17-11-9-7-5-3-4-6-8-10-12-18-26-24(2)30(32-22-16-14-20-28(26)32)29(23)31-21-15-13-19-27(25)31/h13-16,19-22H,3-12,17-18H2,1-2H3. The Morgan fingerprint density at radius 2 is 0.875 bits per heavy atom. The number of nitrogens with zero attached hydrogens (tertiary/aromatic N) is 2. The second-order valence-electron chi connectivity index (χ2n) is 9.85. The zero-order valence-electron chi connectivity index (χ0n) is 20.0. The number of hydrogen-bond donors (Lipinski definition) is 0. The summed E-state index contributed by atoms with van der Waals surface area (Å²) in [6, 6.07) is 13.4. The molecule has 4 aromatic rings. The van der Waals surface area contributed by atoms with Crippen LogP contribution in [0.25, 0.3) is 22.4 Å². The number of rotatable bonds is 0. The van der Waals surface area contributed by atoms with Gasteiger partial charge < -0.3 is 8.80 Å². The van der Waals surface area contributed by atoms with Crippen molar-refractivity contribution >= 4 is 11.0 Å². The van der Waals surface area contributed by atoms with Crippen LogP contribution in [0.15, 0.2) is 48.8 Å². The zero-order chi connectivity index (χ0) is 21.9. The Labute approximate surface area is 193 Å². The lowest BCUT2D eigenvalue weighted by Gasteiger charge is -2.08. The van der Waals surface area contributed by atoms with Gasteiger partial charge in [-0.2, -0.15) is 0 Å². The van der Waals surface area contributed by atoms with E-state index in [2.05, 4.69) is 71.4 Å². The molecule has 0 aliphatic heterocycles. The molecule has 32 heavy (non-hydrogen) atoms. The third-order valence-electron chi connectivity index (χ3n) is 7.76. The second-order valence-corrected chi connectivity index (χ2v) is 9.85. The molecular weight excluding hydrogens is 388 g/mol. The summed E-state index contributed by atoms with van der Waals surface area (Å²) in [7, 11) is 0. The van der Waals surface area contributed by atoms with Crippen LogP contribution in [0.4, 0.5) is 0 Å². The Morgan fingerprint density at radius 3 is 1.28 bits per heavy atom. The number of pyridine rings is 2. The van der Waals surface area contributed by atoms with E-state index in [0.717, 1.165) is 0 Å². The van der Waals surface area contributed by atoms with Crippen molar-refractivity contribution in [2.75, 3.05) is 0 Å². The van der Waals surface area contributed by atoms with Crippen molar-refractivity contribution in [3.8, 4) is 11.4 Å². The highest BCUT2D eigenvalue weighted by atomic mass is 15.0. The molecule has 4 bridgehead atoms. The molecule has 0 unspecified atom stereocenters. The molecule has 0 saturated heterocycles. The minimum atomic E-state index is 1.19. The topological polar surface area (TPSA) is 8.82 Å². The molecule has 0 saturated carbocycles. The Balaban J connectivity index is 1.67.